The Balaban J connectivity index is 1.14. The maximum absolute atomic E-state index is 13.8. The first-order valence-electron chi connectivity index (χ1n) is 22.3. The molecule has 60 heavy (non-hydrogen) atoms. The van der Waals surface area contributed by atoms with E-state index in [1.807, 2.05) is 25.3 Å². The van der Waals surface area contributed by atoms with Crippen molar-refractivity contribution in [2.24, 2.45) is 28.0 Å². The summed E-state index contributed by atoms with van der Waals surface area (Å²) in [6.45, 7) is 5.32. The number of carbonyl (C=O) groups is 1. The number of phenolic OH excluding ortho intramolecular Hbond substituents is 1. The van der Waals surface area contributed by atoms with Crippen molar-refractivity contribution in [3.05, 3.63) is 75.6 Å². The number of hydrogen-bond acceptors (Lipinski definition) is 11. The van der Waals surface area contributed by atoms with Gasteiger partial charge in [0.1, 0.15) is 23.7 Å². The van der Waals surface area contributed by atoms with Gasteiger partial charge in [0.25, 0.3) is 0 Å². The summed E-state index contributed by atoms with van der Waals surface area (Å²) in [5.41, 5.74) is 13.5. The summed E-state index contributed by atoms with van der Waals surface area (Å²) < 4.78 is 13.2. The van der Waals surface area contributed by atoms with Crippen molar-refractivity contribution in [1.29, 1.82) is 0 Å². The Morgan fingerprint density at radius 3 is 2.68 bits per heavy atom. The average molecular weight is 817 g/mol. The van der Waals surface area contributed by atoms with E-state index in [0.717, 1.165) is 103 Å². The Morgan fingerprint density at radius 1 is 1.07 bits per heavy atom. The van der Waals surface area contributed by atoms with Crippen molar-refractivity contribution >= 4 is 11.5 Å². The summed E-state index contributed by atoms with van der Waals surface area (Å²) in [5, 5.41) is 48.3. The number of fused-ring (bicyclic) bond motifs is 8. The molecular weight excluding hydrogens is 757 g/mol. The standard InChI is InChI=1S/C49H60N4O7/c1-3-5-6-10-36(44(58)25-32(54)9-4-2)42(56)15-11-30-24-46-45(26-43(30)57)59-22-20-49(18-7-8-19-49)39-14-16-41(55)34-12-13-35-33(17-21-51-47(35)50)37(34)23-31-27-52-40-29-53(28-38(31)40)48(39)60-46/h12-13,24,26-28,32,36,39,41,44,47-48,51,54-55,57-58H,3-11,15,17-19,21,23,25,29,50H2,1-2H3/t32-,36-,39-,41+,44-,47-,48+/m1/s1. The van der Waals surface area contributed by atoms with Gasteiger partial charge in [-0.25, -0.2) is 0 Å². The van der Waals surface area contributed by atoms with Gasteiger partial charge in [-0.1, -0.05) is 82.3 Å². The molecule has 2 bridgehead atoms. The van der Waals surface area contributed by atoms with E-state index in [2.05, 4.69) is 47.2 Å². The highest BCUT2D eigenvalue weighted by molar-refractivity contribution is 6.09. The summed E-state index contributed by atoms with van der Waals surface area (Å²) in [4.78, 5) is 20.9. The zero-order chi connectivity index (χ0) is 42.0. The van der Waals surface area contributed by atoms with Crippen LogP contribution in [0.1, 0.15) is 131 Å². The van der Waals surface area contributed by atoms with Gasteiger partial charge >= 0.3 is 0 Å². The first-order chi connectivity index (χ1) is 29.1. The number of aliphatic hydroxyl groups excluding tert-OH is 3. The Bertz CT molecular complexity index is 2180. The number of aliphatic hydroxyl groups is 3. The maximum Gasteiger partial charge on any atom is 0.187 e. The van der Waals surface area contributed by atoms with Gasteiger partial charge in [-0.05, 0) is 84.4 Å². The van der Waals surface area contributed by atoms with Crippen LogP contribution in [0.15, 0.2) is 52.8 Å². The molecule has 1 aliphatic carbocycles. The van der Waals surface area contributed by atoms with Gasteiger partial charge in [-0.15, -0.1) is 0 Å². The van der Waals surface area contributed by atoms with Crippen LogP contribution in [0.5, 0.6) is 17.2 Å². The fraction of sp³-hybridized carbons (Fsp3) is 0.551. The number of ether oxygens (including phenoxy) is 2. The number of aromatic hydroxyl groups is 1. The number of nitrogens with one attached hydrogen (secondary N) is 1. The highest BCUT2D eigenvalue weighted by atomic mass is 16.5. The fourth-order valence-corrected chi connectivity index (χ4v) is 10.3. The lowest BCUT2D eigenvalue weighted by Crippen LogP contribution is -2.47. The number of benzene rings is 2. The number of phenols is 1. The third-order valence-electron chi connectivity index (χ3n) is 13.6. The lowest BCUT2D eigenvalue weighted by molar-refractivity contribution is -0.127. The predicted octanol–water partition coefficient (Wildman–Crippen LogP) is 6.17. The molecule has 0 radical (unpaired) electrons. The van der Waals surface area contributed by atoms with Crippen molar-refractivity contribution in [1.82, 2.24) is 10.2 Å². The van der Waals surface area contributed by atoms with E-state index < -0.39 is 41.8 Å². The third kappa shape index (κ3) is 8.48. The van der Waals surface area contributed by atoms with Crippen LogP contribution < -0.4 is 20.5 Å². The molecule has 7 N–H and O–H groups in total. The summed E-state index contributed by atoms with van der Waals surface area (Å²) in [6, 6.07) is 7.22. The Labute approximate surface area is 354 Å². The van der Waals surface area contributed by atoms with E-state index in [1.54, 1.807) is 6.07 Å². The van der Waals surface area contributed by atoms with E-state index in [-0.39, 0.29) is 42.7 Å². The molecule has 2 aromatic carbocycles. The maximum atomic E-state index is 13.8. The zero-order valence-corrected chi connectivity index (χ0v) is 35.0. The van der Waals surface area contributed by atoms with Crippen molar-refractivity contribution < 1.29 is 34.7 Å². The van der Waals surface area contributed by atoms with Crippen LogP contribution in [0.4, 0.5) is 0 Å². The number of nitrogens with two attached hydrogens (primary N) is 1. The first kappa shape index (κ1) is 42.1. The molecule has 7 atom stereocenters. The molecule has 0 aromatic heterocycles. The summed E-state index contributed by atoms with van der Waals surface area (Å²) >= 11 is 0. The minimum atomic E-state index is -1.07. The molecule has 2 aromatic rings. The molecule has 6 aliphatic rings. The second kappa shape index (κ2) is 18.2. The summed E-state index contributed by atoms with van der Waals surface area (Å²) in [6.07, 6.45) is 13.4. The molecular formula is C49H60N4O7. The van der Waals surface area contributed by atoms with E-state index in [9.17, 15) is 25.2 Å². The monoisotopic (exact) mass is 816 g/mol. The number of nitrogens with zero attached hydrogens (tertiary/aromatic N) is 2. The van der Waals surface area contributed by atoms with Gasteiger partial charge in [0.15, 0.2) is 17.7 Å². The van der Waals surface area contributed by atoms with Gasteiger partial charge in [0.2, 0.25) is 0 Å². The predicted molar refractivity (Wildman–Crippen MR) is 230 cm³/mol. The molecule has 11 heteroatoms. The highest BCUT2D eigenvalue weighted by Crippen LogP contribution is 2.49. The molecule has 0 unspecified atom stereocenters. The van der Waals surface area contributed by atoms with Crippen molar-refractivity contribution in [2.75, 3.05) is 13.1 Å². The number of rotatable bonds is 13. The smallest absolute Gasteiger partial charge is 0.187 e. The summed E-state index contributed by atoms with van der Waals surface area (Å²) in [7, 11) is 0. The molecule has 5 heterocycles. The largest absolute Gasteiger partial charge is 0.508 e. The van der Waals surface area contributed by atoms with Crippen LogP contribution in [-0.2, 0) is 24.1 Å². The number of Topliss-reactive ketones (excluding diaryl/α,β-unsaturated/α-hetero) is 1. The molecule has 1 spiro atoms. The van der Waals surface area contributed by atoms with Crippen LogP contribution in [-0.4, -0.2) is 68.3 Å². The topological polar surface area (TPSA) is 170 Å². The SMILES string of the molecule is CCCCC[C@H](C(=O)CCc1cc2c(cc1O)OC#CC1(CCCC1)[C@@H]1C#C[C@H](O)c3ccc4c(c3CC3=CN=C5CN(C=C35)[C@H]1O2)CCN[C@H]4N)[C@H](O)C[C@H](O)CCC. The number of unbranched alkanes of at least 4 members (excludes halogenated alkanes) is 2. The number of hydrogen-bond donors (Lipinski definition) is 6. The van der Waals surface area contributed by atoms with Gasteiger partial charge < -0.3 is 40.5 Å². The van der Waals surface area contributed by atoms with Gasteiger partial charge in [-0.3, -0.25) is 15.1 Å². The van der Waals surface area contributed by atoms with E-state index >= 15 is 0 Å². The van der Waals surface area contributed by atoms with Crippen molar-refractivity contribution in [2.45, 2.75) is 141 Å². The lowest BCUT2D eigenvalue weighted by atomic mass is 9.73. The third-order valence-corrected chi connectivity index (χ3v) is 13.6. The molecule has 0 amide bonds. The Kier molecular flexibility index (Phi) is 12.7. The highest BCUT2D eigenvalue weighted by Gasteiger charge is 2.49. The molecule has 11 nitrogen and oxygen atoms in total. The molecule has 8 rings (SSSR count). The minimum Gasteiger partial charge on any atom is -0.508 e. The van der Waals surface area contributed by atoms with Crippen LogP contribution in [0.25, 0.3) is 0 Å². The van der Waals surface area contributed by atoms with Gasteiger partial charge in [-0.2, -0.15) is 0 Å². The number of aryl methyl sites for hydroxylation is 1. The van der Waals surface area contributed by atoms with Gasteiger partial charge in [0, 0.05) is 49.3 Å². The molecule has 5 aliphatic heterocycles. The molecule has 1 saturated carbocycles. The quantitative estimate of drug-likeness (QED) is 0.102. The van der Waals surface area contributed by atoms with Crippen LogP contribution >= 0.6 is 0 Å². The lowest BCUT2D eigenvalue weighted by Gasteiger charge is -2.39. The van der Waals surface area contributed by atoms with Crippen LogP contribution in [0.3, 0.4) is 0 Å². The van der Waals surface area contributed by atoms with Crippen LogP contribution in [0.2, 0.25) is 0 Å². The Hall–Kier alpha value is -4.62. The van der Waals surface area contributed by atoms with Crippen molar-refractivity contribution in [3.8, 4) is 41.1 Å². The number of carbonyl (C=O) groups excluding carboxylic acids is 1. The normalized spacial score (nSPS) is 24.8. The van der Waals surface area contributed by atoms with Crippen molar-refractivity contribution in [3.63, 3.8) is 0 Å². The first-order valence-corrected chi connectivity index (χ1v) is 22.3. The van der Waals surface area contributed by atoms with Gasteiger partial charge in [0.05, 0.1) is 42.0 Å². The van der Waals surface area contributed by atoms with E-state index in [0.29, 0.717) is 37.1 Å². The minimum absolute atomic E-state index is 0.0408. The molecule has 1 fully saturated rings. The summed E-state index contributed by atoms with van der Waals surface area (Å²) in [5.74, 6) is 9.74. The number of aliphatic imine (C=N–C) groups is 1. The van der Waals surface area contributed by atoms with E-state index in [1.165, 1.54) is 6.07 Å². The van der Waals surface area contributed by atoms with Crippen LogP contribution in [0, 0.1) is 41.1 Å². The number of allylic oxidation sites excluding steroid dienone is 1. The fourth-order valence-electron chi connectivity index (χ4n) is 10.3. The number of ketones is 1. The average Bonchev–Trinajstić information content (AvgIpc) is 3.97. The zero-order valence-electron chi connectivity index (χ0n) is 35.0. The Morgan fingerprint density at radius 2 is 1.88 bits per heavy atom. The molecule has 318 valence electrons. The second-order valence-electron chi connectivity index (χ2n) is 17.6. The molecule has 0 saturated heterocycles. The second-order valence-corrected chi connectivity index (χ2v) is 17.6. The van der Waals surface area contributed by atoms with E-state index in [4.69, 9.17) is 20.2 Å².